The van der Waals surface area contributed by atoms with Gasteiger partial charge in [-0.3, -0.25) is 4.79 Å². The molecule has 30 heavy (non-hydrogen) atoms. The Morgan fingerprint density at radius 1 is 1.03 bits per heavy atom. The van der Waals surface area contributed by atoms with Crippen molar-refractivity contribution in [1.29, 1.82) is 0 Å². The number of nitrogens with zero attached hydrogens (tertiary/aromatic N) is 1. The number of thiophene rings is 1. The molecule has 0 aliphatic carbocycles. The number of halogens is 1. The Morgan fingerprint density at radius 3 is 2.53 bits per heavy atom. The highest BCUT2D eigenvalue weighted by molar-refractivity contribution is 7.09. The zero-order valence-corrected chi connectivity index (χ0v) is 17.4. The summed E-state index contributed by atoms with van der Waals surface area (Å²) >= 11 is 7.38. The van der Waals surface area contributed by atoms with E-state index in [1.165, 1.54) is 0 Å². The van der Waals surface area contributed by atoms with Gasteiger partial charge in [0.1, 0.15) is 13.2 Å². The van der Waals surface area contributed by atoms with Crippen LogP contribution in [0.2, 0.25) is 5.02 Å². The van der Waals surface area contributed by atoms with Gasteiger partial charge in [-0.2, -0.15) is 0 Å². The van der Waals surface area contributed by atoms with E-state index in [9.17, 15) is 9.59 Å². The molecular weight excluding hydrogens is 426 g/mol. The molecule has 4 rings (SSSR count). The number of fused-ring (bicyclic) bond motifs is 1. The number of hydrogen-bond donors (Lipinski definition) is 0. The van der Waals surface area contributed by atoms with Crippen molar-refractivity contribution in [1.82, 2.24) is 0 Å². The first-order valence-corrected chi connectivity index (χ1v) is 10.5. The molecule has 0 unspecified atom stereocenters. The van der Waals surface area contributed by atoms with E-state index in [0.717, 1.165) is 4.88 Å². The van der Waals surface area contributed by atoms with Crippen LogP contribution >= 0.6 is 22.9 Å². The first kappa shape index (κ1) is 20.3. The van der Waals surface area contributed by atoms with Gasteiger partial charge in [-0.05, 0) is 47.8 Å². The molecule has 0 saturated carbocycles. The second-order valence-electron chi connectivity index (χ2n) is 6.47. The second kappa shape index (κ2) is 9.19. The van der Waals surface area contributed by atoms with Crippen LogP contribution < -0.4 is 14.4 Å². The molecule has 0 spiro atoms. The van der Waals surface area contributed by atoms with E-state index >= 15 is 0 Å². The lowest BCUT2D eigenvalue weighted by atomic mass is 10.2. The number of benzene rings is 2. The maximum Gasteiger partial charge on any atom is 0.338 e. The molecule has 2 aromatic carbocycles. The van der Waals surface area contributed by atoms with Crippen molar-refractivity contribution < 1.29 is 23.8 Å². The molecule has 1 aliphatic heterocycles. The average Bonchev–Trinajstić information content (AvgIpc) is 3.29. The summed E-state index contributed by atoms with van der Waals surface area (Å²) in [6.45, 7) is 0.911. The Balaban J connectivity index is 1.51. The van der Waals surface area contributed by atoms with E-state index in [-0.39, 0.29) is 12.5 Å². The van der Waals surface area contributed by atoms with Gasteiger partial charge in [-0.1, -0.05) is 17.7 Å². The van der Waals surface area contributed by atoms with Crippen molar-refractivity contribution in [2.75, 3.05) is 24.7 Å². The number of ether oxygens (including phenoxy) is 3. The van der Waals surface area contributed by atoms with Crippen LogP contribution in [0.3, 0.4) is 0 Å². The predicted molar refractivity (Wildman–Crippen MR) is 115 cm³/mol. The van der Waals surface area contributed by atoms with Crippen LogP contribution in [0.4, 0.5) is 5.69 Å². The third-order valence-electron chi connectivity index (χ3n) is 4.44. The smallest absolute Gasteiger partial charge is 0.338 e. The molecule has 0 bridgehead atoms. The van der Waals surface area contributed by atoms with Crippen LogP contribution in [0, 0.1) is 0 Å². The fourth-order valence-corrected chi connectivity index (χ4v) is 3.77. The standard InChI is InChI=1S/C22H18ClNO5S/c23-16-5-3-15(4-6-16)22(26)29-14-21(25)24(13-18-2-1-11-30-18)17-7-8-19-20(12-17)28-10-9-27-19/h1-8,11-12H,9-10,13-14H2. The van der Waals surface area contributed by atoms with Gasteiger partial charge >= 0.3 is 5.97 Å². The van der Waals surface area contributed by atoms with Gasteiger partial charge in [0.05, 0.1) is 12.1 Å². The van der Waals surface area contributed by atoms with Gasteiger partial charge in [0.2, 0.25) is 0 Å². The molecule has 154 valence electrons. The largest absolute Gasteiger partial charge is 0.486 e. The van der Waals surface area contributed by atoms with Gasteiger partial charge in [0, 0.05) is 21.7 Å². The van der Waals surface area contributed by atoms with Gasteiger partial charge in [-0.15, -0.1) is 11.3 Å². The summed E-state index contributed by atoms with van der Waals surface area (Å²) in [6.07, 6.45) is 0. The van der Waals surface area contributed by atoms with Crippen LogP contribution in [0.5, 0.6) is 11.5 Å². The topological polar surface area (TPSA) is 65.1 Å². The number of carbonyl (C=O) groups is 2. The van der Waals surface area contributed by atoms with Gasteiger partial charge in [0.15, 0.2) is 18.1 Å². The highest BCUT2D eigenvalue weighted by Gasteiger charge is 2.22. The van der Waals surface area contributed by atoms with Crippen LogP contribution in [0.15, 0.2) is 60.0 Å². The summed E-state index contributed by atoms with van der Waals surface area (Å²) in [5.74, 6) is 0.296. The molecule has 8 heteroatoms. The first-order valence-electron chi connectivity index (χ1n) is 9.25. The van der Waals surface area contributed by atoms with Gasteiger partial charge < -0.3 is 19.1 Å². The number of hydrogen-bond acceptors (Lipinski definition) is 6. The molecule has 3 aromatic rings. The summed E-state index contributed by atoms with van der Waals surface area (Å²) in [6, 6.07) is 15.5. The zero-order chi connectivity index (χ0) is 20.9. The van der Waals surface area contributed by atoms with Crippen molar-refractivity contribution in [3.05, 3.63) is 75.4 Å². The second-order valence-corrected chi connectivity index (χ2v) is 7.94. The fraction of sp³-hybridized carbons (Fsp3) is 0.182. The van der Waals surface area contributed by atoms with Crippen LogP contribution in [0.25, 0.3) is 0 Å². The third kappa shape index (κ3) is 4.75. The summed E-state index contributed by atoms with van der Waals surface area (Å²) in [7, 11) is 0. The Kier molecular flexibility index (Phi) is 6.21. The van der Waals surface area contributed by atoms with Crippen molar-refractivity contribution in [3.63, 3.8) is 0 Å². The fourth-order valence-electron chi connectivity index (χ4n) is 2.96. The quantitative estimate of drug-likeness (QED) is 0.522. The molecule has 0 N–H and O–H groups in total. The van der Waals surface area contributed by atoms with Gasteiger partial charge in [0.25, 0.3) is 5.91 Å². The van der Waals surface area contributed by atoms with Gasteiger partial charge in [-0.25, -0.2) is 4.79 Å². The molecular formula is C22H18ClNO5S. The molecule has 1 aromatic heterocycles. The summed E-state index contributed by atoms with van der Waals surface area (Å²) in [5.41, 5.74) is 0.969. The van der Waals surface area contributed by atoms with E-state index in [0.29, 0.717) is 47.5 Å². The lowest BCUT2D eigenvalue weighted by molar-refractivity contribution is -0.121. The zero-order valence-electron chi connectivity index (χ0n) is 15.9. The van der Waals surface area contributed by atoms with Crippen molar-refractivity contribution >= 4 is 40.5 Å². The van der Waals surface area contributed by atoms with Crippen molar-refractivity contribution in [2.45, 2.75) is 6.54 Å². The summed E-state index contributed by atoms with van der Waals surface area (Å²) in [5, 5.41) is 2.46. The number of anilines is 1. The molecule has 1 amide bonds. The van der Waals surface area contributed by atoms with Crippen molar-refractivity contribution in [3.8, 4) is 11.5 Å². The molecule has 0 atom stereocenters. The van der Waals surface area contributed by atoms with Crippen molar-refractivity contribution in [2.24, 2.45) is 0 Å². The number of rotatable bonds is 6. The number of esters is 1. The molecule has 0 radical (unpaired) electrons. The van der Waals surface area contributed by atoms with Crippen LogP contribution in [0.1, 0.15) is 15.2 Å². The molecule has 0 saturated heterocycles. The molecule has 2 heterocycles. The predicted octanol–water partition coefficient (Wildman–Crippen LogP) is 4.56. The van der Waals surface area contributed by atoms with Crippen LogP contribution in [-0.2, 0) is 16.1 Å². The minimum atomic E-state index is -0.585. The Morgan fingerprint density at radius 2 is 1.80 bits per heavy atom. The number of amides is 1. The normalized spacial score (nSPS) is 12.3. The van der Waals surface area contributed by atoms with E-state index < -0.39 is 5.97 Å². The first-order chi connectivity index (χ1) is 14.6. The molecule has 0 fully saturated rings. The lowest BCUT2D eigenvalue weighted by Gasteiger charge is -2.25. The minimum absolute atomic E-state index is 0.330. The number of carbonyl (C=O) groups excluding carboxylic acids is 2. The summed E-state index contributed by atoms with van der Waals surface area (Å²) in [4.78, 5) is 27.8. The Hall–Kier alpha value is -3.03. The maximum atomic E-state index is 13.0. The average molecular weight is 444 g/mol. The highest BCUT2D eigenvalue weighted by Crippen LogP contribution is 2.34. The minimum Gasteiger partial charge on any atom is -0.486 e. The molecule has 6 nitrogen and oxygen atoms in total. The third-order valence-corrected chi connectivity index (χ3v) is 5.55. The lowest BCUT2D eigenvalue weighted by Crippen LogP contribution is -2.34. The van der Waals surface area contributed by atoms with E-state index in [1.807, 2.05) is 17.5 Å². The monoisotopic (exact) mass is 443 g/mol. The van der Waals surface area contributed by atoms with E-state index in [2.05, 4.69) is 0 Å². The highest BCUT2D eigenvalue weighted by atomic mass is 35.5. The summed E-state index contributed by atoms with van der Waals surface area (Å²) < 4.78 is 16.4. The SMILES string of the molecule is O=C(OCC(=O)N(Cc1cccs1)c1ccc2c(c1)OCCO2)c1ccc(Cl)cc1. The Labute approximate surface area is 182 Å². The van der Waals surface area contributed by atoms with Crippen LogP contribution in [-0.4, -0.2) is 31.7 Å². The van der Waals surface area contributed by atoms with E-state index in [1.54, 1.807) is 58.7 Å². The molecule has 1 aliphatic rings. The van der Waals surface area contributed by atoms with E-state index in [4.69, 9.17) is 25.8 Å². The Bertz CT molecular complexity index is 1040. The maximum absolute atomic E-state index is 13.0.